The Morgan fingerprint density at radius 3 is 1.24 bits per heavy atom. The average Bonchev–Trinajstić information content (AvgIpc) is 3.61. The number of Topliss-reactive ketones (excluding diaryl/α,β-unsaturated/α-hetero) is 4. The van der Waals surface area contributed by atoms with Gasteiger partial charge < -0.3 is 10.6 Å². The first-order valence-electron chi connectivity index (χ1n) is 16.5. The molecule has 0 aliphatic heterocycles. The van der Waals surface area contributed by atoms with Gasteiger partial charge in [0.15, 0.2) is 52.4 Å². The van der Waals surface area contributed by atoms with Crippen LogP contribution >= 0.6 is 0 Å². The Labute approximate surface area is 305 Å². The minimum absolute atomic E-state index is 0.00597. The van der Waals surface area contributed by atoms with Crippen LogP contribution in [-0.4, -0.2) is 60.7 Å². The number of fused-ring (bicyclic) bond motifs is 2. The molecule has 0 fully saturated rings. The molecule has 13 nitrogen and oxygen atoms in total. The third-order valence-electron chi connectivity index (χ3n) is 9.11. The summed E-state index contributed by atoms with van der Waals surface area (Å²) in [5, 5.41) is 5.25. The molecule has 2 heterocycles. The summed E-state index contributed by atoms with van der Waals surface area (Å²) in [6, 6.07) is 24.4. The van der Waals surface area contributed by atoms with Crippen molar-refractivity contribution >= 4 is 52.1 Å². The molecular formula is C41H24N6O7. The highest BCUT2D eigenvalue weighted by atomic mass is 16.2. The van der Waals surface area contributed by atoms with Gasteiger partial charge in [0.25, 0.3) is 0 Å². The van der Waals surface area contributed by atoms with Gasteiger partial charge in [-0.2, -0.15) is 0 Å². The molecule has 260 valence electrons. The van der Waals surface area contributed by atoms with E-state index >= 15 is 0 Å². The first-order valence-corrected chi connectivity index (χ1v) is 16.5. The number of amides is 2. The molecule has 0 bridgehead atoms. The number of hydrogen-bond acceptors (Lipinski definition) is 11. The summed E-state index contributed by atoms with van der Waals surface area (Å²) >= 11 is 0. The molecule has 13 heteroatoms. The summed E-state index contributed by atoms with van der Waals surface area (Å²) in [6.45, 7) is 0. The summed E-state index contributed by atoms with van der Waals surface area (Å²) in [4.78, 5) is 110. The van der Waals surface area contributed by atoms with Crippen LogP contribution in [0.2, 0.25) is 0 Å². The van der Waals surface area contributed by atoms with Crippen molar-refractivity contribution in [2.75, 3.05) is 10.6 Å². The number of anilines is 2. The Morgan fingerprint density at radius 1 is 0.444 bits per heavy atom. The van der Waals surface area contributed by atoms with E-state index < -0.39 is 52.6 Å². The number of rotatable bonds is 8. The van der Waals surface area contributed by atoms with Crippen LogP contribution in [0.3, 0.4) is 0 Å². The van der Waals surface area contributed by atoms with Gasteiger partial charge >= 0.3 is 0 Å². The van der Waals surface area contributed by atoms with Crippen molar-refractivity contribution in [3.63, 3.8) is 0 Å². The molecule has 0 radical (unpaired) electrons. The standard InChI is InChI=1S/C41H24N6O7/c48-33(21-9-11-27-29(19-21)36(51)31(34(27)49)40(53)46-25-7-1-5-23(17-25)38-42-13-3-14-43-38)22-10-12-28-30(20-22)37(52)32(35(28)50)41(54)47-26-8-2-6-24(18-26)39-44-15-4-16-45-39/h1-20,31-32H,(H,46,53)(H,47,54). The van der Waals surface area contributed by atoms with Crippen LogP contribution in [0.4, 0.5) is 11.4 Å². The first kappa shape index (κ1) is 33.5. The third kappa shape index (κ3) is 5.94. The molecule has 0 saturated carbocycles. The normalized spacial score (nSPS) is 15.8. The Morgan fingerprint density at radius 2 is 0.833 bits per heavy atom. The predicted octanol–water partition coefficient (Wildman–Crippen LogP) is 5.10. The fourth-order valence-corrected chi connectivity index (χ4v) is 6.51. The first-order chi connectivity index (χ1) is 26.2. The van der Waals surface area contributed by atoms with E-state index in [-0.39, 0.29) is 33.4 Å². The quantitative estimate of drug-likeness (QED) is 0.157. The van der Waals surface area contributed by atoms with Gasteiger partial charge in [-0.05, 0) is 60.7 Å². The number of nitrogens with one attached hydrogen (secondary N) is 2. The minimum Gasteiger partial charge on any atom is -0.325 e. The summed E-state index contributed by atoms with van der Waals surface area (Å²) < 4.78 is 0. The Kier molecular flexibility index (Phi) is 8.35. The number of nitrogens with zero attached hydrogens (tertiary/aromatic N) is 4. The van der Waals surface area contributed by atoms with Gasteiger partial charge in [0.1, 0.15) is 0 Å². The van der Waals surface area contributed by atoms with E-state index in [0.29, 0.717) is 34.2 Å². The van der Waals surface area contributed by atoms with E-state index in [4.69, 9.17) is 0 Å². The van der Waals surface area contributed by atoms with Crippen molar-refractivity contribution in [1.29, 1.82) is 0 Å². The van der Waals surface area contributed by atoms with Gasteiger partial charge in [-0.25, -0.2) is 19.9 Å². The van der Waals surface area contributed by atoms with Gasteiger partial charge in [0.05, 0.1) is 0 Å². The van der Waals surface area contributed by atoms with Gasteiger partial charge in [-0.15, -0.1) is 0 Å². The monoisotopic (exact) mass is 712 g/mol. The minimum atomic E-state index is -1.66. The van der Waals surface area contributed by atoms with Crippen molar-refractivity contribution in [1.82, 2.24) is 19.9 Å². The lowest BCUT2D eigenvalue weighted by atomic mass is 9.96. The Bertz CT molecular complexity index is 2430. The maximum atomic E-state index is 13.7. The van der Waals surface area contributed by atoms with Crippen molar-refractivity contribution in [3.05, 3.63) is 155 Å². The maximum Gasteiger partial charge on any atom is 0.243 e. The van der Waals surface area contributed by atoms with Crippen LogP contribution in [0.25, 0.3) is 22.8 Å². The zero-order valence-corrected chi connectivity index (χ0v) is 27.8. The van der Waals surface area contributed by atoms with Gasteiger partial charge in [0.2, 0.25) is 11.8 Å². The second kappa shape index (κ2) is 13.5. The number of ketones is 5. The van der Waals surface area contributed by atoms with E-state index in [0.717, 1.165) is 0 Å². The maximum absolute atomic E-state index is 13.7. The van der Waals surface area contributed by atoms with Crippen LogP contribution in [0.5, 0.6) is 0 Å². The second-order valence-electron chi connectivity index (χ2n) is 12.5. The Hall–Kier alpha value is -7.67. The summed E-state index contributed by atoms with van der Waals surface area (Å²) in [5.74, 6) is -7.71. The largest absolute Gasteiger partial charge is 0.325 e. The van der Waals surface area contributed by atoms with Gasteiger partial charge in [-0.3, -0.25) is 33.6 Å². The molecule has 0 saturated heterocycles. The zero-order chi connectivity index (χ0) is 37.5. The van der Waals surface area contributed by atoms with E-state index in [9.17, 15) is 33.6 Å². The molecule has 4 aromatic carbocycles. The van der Waals surface area contributed by atoms with Crippen LogP contribution < -0.4 is 10.6 Å². The fraction of sp³-hybridized carbons (Fsp3) is 0.0488. The molecule has 8 rings (SSSR count). The lowest BCUT2D eigenvalue weighted by Gasteiger charge is -2.10. The lowest BCUT2D eigenvalue weighted by Crippen LogP contribution is -2.31. The second-order valence-corrected chi connectivity index (χ2v) is 12.5. The smallest absolute Gasteiger partial charge is 0.243 e. The SMILES string of the molecule is O=C(c1ccc2c(c1)C(=O)C(C(=O)Nc1cccc(-c3ncccn3)c1)C2=O)c1ccc2c(c1)C(=O)C(C(=O)Nc1cccc(-c3ncccn3)c1)C2=O. The summed E-state index contributed by atoms with van der Waals surface area (Å²) in [5.41, 5.74) is 1.71. The van der Waals surface area contributed by atoms with Crippen LogP contribution in [0, 0.1) is 11.8 Å². The third-order valence-corrected chi connectivity index (χ3v) is 9.11. The van der Waals surface area contributed by atoms with Gasteiger partial charge in [0, 0.05) is 80.7 Å². The van der Waals surface area contributed by atoms with Crippen molar-refractivity contribution in [2.24, 2.45) is 11.8 Å². The molecule has 0 spiro atoms. The molecule has 2 amide bonds. The van der Waals surface area contributed by atoms with Crippen molar-refractivity contribution < 1.29 is 33.6 Å². The average molecular weight is 713 g/mol. The molecule has 2 aromatic heterocycles. The topological polar surface area (TPSA) is 195 Å². The van der Waals surface area contributed by atoms with E-state index in [1.54, 1.807) is 85.5 Å². The molecule has 2 N–H and O–H groups in total. The summed E-state index contributed by atoms with van der Waals surface area (Å²) in [7, 11) is 0. The van der Waals surface area contributed by atoms with E-state index in [2.05, 4.69) is 30.6 Å². The highest BCUT2D eigenvalue weighted by Crippen LogP contribution is 2.33. The molecule has 2 unspecified atom stereocenters. The van der Waals surface area contributed by atoms with Gasteiger partial charge in [-0.1, -0.05) is 36.4 Å². The summed E-state index contributed by atoms with van der Waals surface area (Å²) in [6.07, 6.45) is 6.30. The van der Waals surface area contributed by atoms with E-state index in [1.165, 1.54) is 36.4 Å². The highest BCUT2D eigenvalue weighted by Gasteiger charge is 2.45. The van der Waals surface area contributed by atoms with Crippen molar-refractivity contribution in [3.8, 4) is 22.8 Å². The molecule has 54 heavy (non-hydrogen) atoms. The predicted molar refractivity (Wildman–Crippen MR) is 193 cm³/mol. The van der Waals surface area contributed by atoms with Crippen LogP contribution in [-0.2, 0) is 9.59 Å². The number of aromatic nitrogens is 4. The zero-order valence-electron chi connectivity index (χ0n) is 27.8. The van der Waals surface area contributed by atoms with E-state index in [1.807, 2.05) is 0 Å². The highest BCUT2D eigenvalue weighted by molar-refractivity contribution is 6.38. The van der Waals surface area contributed by atoms with Crippen molar-refractivity contribution in [2.45, 2.75) is 0 Å². The molecule has 2 aliphatic rings. The number of hydrogen-bond donors (Lipinski definition) is 2. The molecule has 6 aromatic rings. The van der Waals surface area contributed by atoms with Crippen LogP contribution in [0.1, 0.15) is 57.4 Å². The molecular weight excluding hydrogens is 688 g/mol. The molecule has 2 aliphatic carbocycles. The van der Waals surface area contributed by atoms with Crippen LogP contribution in [0.15, 0.2) is 122 Å². The number of carbonyl (C=O) groups is 7. The Balaban J connectivity index is 0.979. The number of carbonyl (C=O) groups excluding carboxylic acids is 7. The molecule has 2 atom stereocenters. The fourth-order valence-electron chi connectivity index (χ4n) is 6.51. The lowest BCUT2D eigenvalue weighted by molar-refractivity contribution is -0.118. The number of benzene rings is 4.